The lowest BCUT2D eigenvalue weighted by Crippen LogP contribution is -2.06. The fraction of sp³-hybridized carbons (Fsp3) is 0.208. The van der Waals surface area contributed by atoms with Crippen LogP contribution in [0.4, 0.5) is 0 Å². The van der Waals surface area contributed by atoms with Gasteiger partial charge in [-0.05, 0) is 30.3 Å². The molecule has 4 aromatic rings. The lowest BCUT2D eigenvalue weighted by atomic mass is 9.99. The van der Waals surface area contributed by atoms with Crippen LogP contribution in [0.2, 0.25) is 0 Å². The van der Waals surface area contributed by atoms with Crippen molar-refractivity contribution in [2.75, 3.05) is 21.0 Å². The first-order valence-electron chi connectivity index (χ1n) is 10.0. The average Bonchev–Trinajstić information content (AvgIpc) is 3.24. The molecule has 9 nitrogen and oxygen atoms in total. The molecule has 9 heteroatoms. The first-order valence-corrected chi connectivity index (χ1v) is 10.0. The number of carbonyl (C=O) groups is 2. The number of rotatable bonds is 4. The fourth-order valence-corrected chi connectivity index (χ4v) is 4.06. The summed E-state index contributed by atoms with van der Waals surface area (Å²) in [6, 6.07) is 8.78. The van der Waals surface area contributed by atoms with Crippen molar-refractivity contribution >= 4 is 44.4 Å². The van der Waals surface area contributed by atoms with Gasteiger partial charge in [-0.2, -0.15) is 0 Å². The van der Waals surface area contributed by atoms with Crippen molar-refractivity contribution < 1.29 is 38.0 Å². The van der Waals surface area contributed by atoms with Crippen molar-refractivity contribution in [1.82, 2.24) is 4.98 Å². The van der Waals surface area contributed by atoms with Crippen LogP contribution in [0.15, 0.2) is 30.3 Å². The maximum absolute atomic E-state index is 11.9. The van der Waals surface area contributed by atoms with Gasteiger partial charge in [0.2, 0.25) is 12.7 Å². The molecule has 0 fully saturated rings. The van der Waals surface area contributed by atoms with Crippen molar-refractivity contribution in [2.24, 2.45) is 0 Å². The topological polar surface area (TPSA) is 102 Å². The molecule has 5 rings (SSSR count). The maximum Gasteiger partial charge on any atom is 0.309 e. The predicted molar refractivity (Wildman–Crippen MR) is 119 cm³/mol. The monoisotopic (exact) mass is 449 g/mol. The highest BCUT2D eigenvalue weighted by Gasteiger charge is 2.24. The van der Waals surface area contributed by atoms with Crippen molar-refractivity contribution in [3.05, 3.63) is 30.3 Å². The summed E-state index contributed by atoms with van der Waals surface area (Å²) < 4.78 is 33.1. The van der Waals surface area contributed by atoms with E-state index in [0.717, 1.165) is 0 Å². The SMILES string of the molecule is COc1ccc2c(c(OC(C)=O)nc3c4cc5c(cc4c(OC(C)=O)cc23)OCO5)c1OC. The number of methoxy groups -OCH3 is 2. The molecule has 0 aliphatic carbocycles. The molecule has 0 bridgehead atoms. The van der Waals surface area contributed by atoms with Gasteiger partial charge in [-0.3, -0.25) is 9.59 Å². The third-order valence-electron chi connectivity index (χ3n) is 5.32. The zero-order chi connectivity index (χ0) is 23.3. The van der Waals surface area contributed by atoms with Gasteiger partial charge in [0.1, 0.15) is 5.75 Å². The van der Waals surface area contributed by atoms with Crippen LogP contribution < -0.4 is 28.4 Å². The second-order valence-electron chi connectivity index (χ2n) is 7.35. The van der Waals surface area contributed by atoms with E-state index in [1.165, 1.54) is 28.1 Å². The first kappa shape index (κ1) is 20.6. The normalized spacial score (nSPS) is 12.2. The van der Waals surface area contributed by atoms with E-state index in [2.05, 4.69) is 4.98 Å². The minimum atomic E-state index is -0.536. The van der Waals surface area contributed by atoms with Crippen molar-refractivity contribution in [1.29, 1.82) is 0 Å². The second-order valence-corrected chi connectivity index (χ2v) is 7.35. The molecule has 1 aliphatic rings. The predicted octanol–water partition coefficient (Wildman–Crippen LogP) is 4.14. The Morgan fingerprint density at radius 1 is 0.818 bits per heavy atom. The standard InChI is InChI=1S/C24H19NO8/c1-11(26)32-18-8-15-13-5-6-17(28-3)23(29-4)21(13)24(33-12(2)27)25-22(15)16-9-20-19(7-14(16)18)30-10-31-20/h5-9H,10H2,1-4H3. The zero-order valence-electron chi connectivity index (χ0n) is 18.3. The average molecular weight is 449 g/mol. The Hall–Kier alpha value is -4.27. The molecule has 0 spiro atoms. The molecule has 1 aliphatic heterocycles. The molecule has 2 heterocycles. The number of carbonyl (C=O) groups excluding carboxylic acids is 2. The molecule has 0 atom stereocenters. The van der Waals surface area contributed by atoms with Gasteiger partial charge in [0.25, 0.3) is 0 Å². The fourth-order valence-electron chi connectivity index (χ4n) is 4.06. The minimum absolute atomic E-state index is 0.0694. The van der Waals surface area contributed by atoms with Crippen LogP contribution in [0.1, 0.15) is 13.8 Å². The first-order chi connectivity index (χ1) is 15.9. The van der Waals surface area contributed by atoms with Crippen LogP contribution in [-0.4, -0.2) is 37.9 Å². The summed E-state index contributed by atoms with van der Waals surface area (Å²) in [6.07, 6.45) is 0. The summed E-state index contributed by atoms with van der Waals surface area (Å²) in [4.78, 5) is 28.5. The van der Waals surface area contributed by atoms with Gasteiger partial charge in [0.15, 0.2) is 23.0 Å². The van der Waals surface area contributed by atoms with Gasteiger partial charge in [-0.1, -0.05) is 0 Å². The zero-order valence-corrected chi connectivity index (χ0v) is 18.3. The quantitative estimate of drug-likeness (QED) is 0.258. The summed E-state index contributed by atoms with van der Waals surface area (Å²) >= 11 is 0. The highest BCUT2D eigenvalue weighted by Crippen LogP contribution is 2.47. The van der Waals surface area contributed by atoms with E-state index in [1.54, 1.807) is 24.3 Å². The van der Waals surface area contributed by atoms with Crippen LogP contribution in [0.25, 0.3) is 32.4 Å². The van der Waals surface area contributed by atoms with E-state index in [4.69, 9.17) is 28.4 Å². The van der Waals surface area contributed by atoms with Crippen LogP contribution in [0.5, 0.6) is 34.6 Å². The Balaban J connectivity index is 1.98. The van der Waals surface area contributed by atoms with E-state index < -0.39 is 11.9 Å². The molecule has 33 heavy (non-hydrogen) atoms. The third kappa shape index (κ3) is 3.29. The van der Waals surface area contributed by atoms with E-state index in [1.807, 2.05) is 6.07 Å². The van der Waals surface area contributed by atoms with Gasteiger partial charge in [0, 0.05) is 35.4 Å². The second kappa shape index (κ2) is 7.70. The number of benzene rings is 3. The largest absolute Gasteiger partial charge is 0.493 e. The molecule has 1 aromatic heterocycles. The Morgan fingerprint density at radius 2 is 1.48 bits per heavy atom. The molecular weight excluding hydrogens is 430 g/mol. The van der Waals surface area contributed by atoms with E-state index >= 15 is 0 Å². The summed E-state index contributed by atoms with van der Waals surface area (Å²) in [5.74, 6) is 1.27. The Kier molecular flexibility index (Phi) is 4.81. The molecule has 0 saturated heterocycles. The Labute approximate surface area is 187 Å². The molecule has 168 valence electrons. The summed E-state index contributed by atoms with van der Waals surface area (Å²) in [7, 11) is 3.00. The number of fused-ring (bicyclic) bond motifs is 6. The number of ether oxygens (including phenoxy) is 6. The van der Waals surface area contributed by atoms with Crippen molar-refractivity contribution in [3.8, 4) is 34.6 Å². The van der Waals surface area contributed by atoms with Crippen LogP contribution in [0.3, 0.4) is 0 Å². The molecule has 0 N–H and O–H groups in total. The number of hydrogen-bond donors (Lipinski definition) is 0. The van der Waals surface area contributed by atoms with E-state index in [0.29, 0.717) is 61.2 Å². The van der Waals surface area contributed by atoms with Gasteiger partial charge >= 0.3 is 11.9 Å². The Bertz CT molecular complexity index is 1480. The van der Waals surface area contributed by atoms with E-state index in [-0.39, 0.29) is 12.7 Å². The highest BCUT2D eigenvalue weighted by atomic mass is 16.7. The summed E-state index contributed by atoms with van der Waals surface area (Å²) in [5.41, 5.74) is 0.523. The maximum atomic E-state index is 11.9. The number of aromatic nitrogens is 1. The van der Waals surface area contributed by atoms with Crippen LogP contribution >= 0.6 is 0 Å². The lowest BCUT2D eigenvalue weighted by Gasteiger charge is -2.17. The summed E-state index contributed by atoms with van der Waals surface area (Å²) in [5, 5.41) is 3.01. The van der Waals surface area contributed by atoms with Crippen LogP contribution in [-0.2, 0) is 9.59 Å². The Morgan fingerprint density at radius 3 is 2.12 bits per heavy atom. The minimum Gasteiger partial charge on any atom is -0.493 e. The molecule has 0 unspecified atom stereocenters. The highest BCUT2D eigenvalue weighted by molar-refractivity contribution is 6.20. The van der Waals surface area contributed by atoms with Crippen LogP contribution in [0, 0.1) is 0 Å². The van der Waals surface area contributed by atoms with E-state index in [9.17, 15) is 9.59 Å². The summed E-state index contributed by atoms with van der Waals surface area (Å²) in [6.45, 7) is 2.71. The lowest BCUT2D eigenvalue weighted by molar-refractivity contribution is -0.132. The van der Waals surface area contributed by atoms with Crippen molar-refractivity contribution in [3.63, 3.8) is 0 Å². The number of pyridine rings is 1. The third-order valence-corrected chi connectivity index (χ3v) is 5.32. The smallest absolute Gasteiger partial charge is 0.309 e. The van der Waals surface area contributed by atoms with Crippen molar-refractivity contribution in [2.45, 2.75) is 13.8 Å². The number of hydrogen-bond acceptors (Lipinski definition) is 9. The molecule has 0 saturated carbocycles. The van der Waals surface area contributed by atoms with Gasteiger partial charge in [-0.25, -0.2) is 4.98 Å². The van der Waals surface area contributed by atoms with Gasteiger partial charge in [-0.15, -0.1) is 0 Å². The molecule has 0 amide bonds. The number of esters is 2. The molecule has 0 radical (unpaired) electrons. The van der Waals surface area contributed by atoms with Gasteiger partial charge < -0.3 is 28.4 Å². The number of nitrogens with zero attached hydrogens (tertiary/aromatic N) is 1. The van der Waals surface area contributed by atoms with Gasteiger partial charge in [0.05, 0.1) is 25.1 Å². The molecule has 3 aromatic carbocycles. The molecular formula is C24H19NO8.